The van der Waals surface area contributed by atoms with Gasteiger partial charge in [0.15, 0.2) is 5.41 Å². The van der Waals surface area contributed by atoms with E-state index in [1.54, 1.807) is 13.8 Å². The van der Waals surface area contributed by atoms with Crippen LogP contribution in [0.3, 0.4) is 0 Å². The molecule has 22 heavy (non-hydrogen) atoms. The van der Waals surface area contributed by atoms with Crippen LogP contribution in [-0.4, -0.2) is 33.2 Å². The molecule has 2 atom stereocenters. The van der Waals surface area contributed by atoms with Crippen molar-refractivity contribution in [3.8, 4) is 0 Å². The maximum absolute atomic E-state index is 12.5. The standard InChI is InChI=1S/C17H28O4Si/c1-6-20-14(18)17(15(19)21-7-2)11-13-10-16(13,12-17)8-9-22(3,4)5/h8-9,13H,6-7,10-12H2,1-5H3/b9-8-. The average Bonchev–Trinajstić information content (AvgIpc) is 2.98. The van der Waals surface area contributed by atoms with Crippen LogP contribution >= 0.6 is 0 Å². The van der Waals surface area contributed by atoms with Crippen LogP contribution in [0.4, 0.5) is 0 Å². The number of ether oxygens (including phenoxy) is 2. The Morgan fingerprint density at radius 2 is 1.64 bits per heavy atom. The molecule has 2 rings (SSSR count). The molecule has 4 nitrogen and oxygen atoms in total. The van der Waals surface area contributed by atoms with Crippen LogP contribution in [0.25, 0.3) is 0 Å². The minimum atomic E-state index is -1.29. The molecular weight excluding hydrogens is 296 g/mol. The van der Waals surface area contributed by atoms with Gasteiger partial charge in [0.2, 0.25) is 0 Å². The lowest BCUT2D eigenvalue weighted by Gasteiger charge is -2.27. The summed E-state index contributed by atoms with van der Waals surface area (Å²) < 4.78 is 10.4. The van der Waals surface area contributed by atoms with Gasteiger partial charge in [-0.1, -0.05) is 31.4 Å². The molecule has 2 fully saturated rings. The fraction of sp³-hybridized carbons (Fsp3) is 0.765. The summed E-state index contributed by atoms with van der Waals surface area (Å²) >= 11 is 0. The number of hydrogen-bond acceptors (Lipinski definition) is 4. The first kappa shape index (κ1) is 17.3. The fourth-order valence-corrected chi connectivity index (χ4v) is 4.39. The van der Waals surface area contributed by atoms with Crippen molar-refractivity contribution in [2.45, 2.75) is 52.8 Å². The number of allylic oxidation sites excluding steroid dienone is 1. The van der Waals surface area contributed by atoms with E-state index in [-0.39, 0.29) is 5.41 Å². The largest absolute Gasteiger partial charge is 0.465 e. The van der Waals surface area contributed by atoms with Crippen LogP contribution in [0.2, 0.25) is 19.6 Å². The summed E-state index contributed by atoms with van der Waals surface area (Å²) in [6.07, 6.45) is 4.47. The summed E-state index contributed by atoms with van der Waals surface area (Å²) in [5.74, 6) is -0.392. The van der Waals surface area contributed by atoms with Crippen molar-refractivity contribution in [1.29, 1.82) is 0 Å². The Hall–Kier alpha value is -1.10. The minimum absolute atomic E-state index is 0.0137. The summed E-state index contributed by atoms with van der Waals surface area (Å²) in [6.45, 7) is 11.0. The van der Waals surface area contributed by atoms with Crippen LogP contribution in [0.15, 0.2) is 11.8 Å². The van der Waals surface area contributed by atoms with Gasteiger partial charge in [0.25, 0.3) is 0 Å². The van der Waals surface area contributed by atoms with Crippen LogP contribution in [-0.2, 0) is 19.1 Å². The molecular formula is C17H28O4Si. The molecule has 0 aromatic heterocycles. The lowest BCUT2D eigenvalue weighted by Crippen LogP contribution is -2.41. The molecule has 0 aromatic carbocycles. The molecule has 0 spiro atoms. The SMILES string of the molecule is CCOC(=O)C1(C(=O)OCC)CC2CC2(/C=C\[Si](C)(C)C)C1. The van der Waals surface area contributed by atoms with Crippen molar-refractivity contribution < 1.29 is 19.1 Å². The smallest absolute Gasteiger partial charge is 0.323 e. The summed E-state index contributed by atoms with van der Waals surface area (Å²) in [6, 6.07) is 0. The zero-order chi connectivity index (χ0) is 16.6. The summed E-state index contributed by atoms with van der Waals surface area (Å²) in [5, 5.41) is 0. The number of rotatable bonds is 6. The van der Waals surface area contributed by atoms with E-state index in [4.69, 9.17) is 9.47 Å². The van der Waals surface area contributed by atoms with E-state index in [1.165, 1.54) is 0 Å². The minimum Gasteiger partial charge on any atom is -0.465 e. The van der Waals surface area contributed by atoms with Gasteiger partial charge in [-0.05, 0) is 44.4 Å². The number of carbonyl (C=O) groups excluding carboxylic acids is 2. The van der Waals surface area contributed by atoms with Crippen molar-refractivity contribution in [1.82, 2.24) is 0 Å². The van der Waals surface area contributed by atoms with Crippen LogP contribution in [0.5, 0.6) is 0 Å². The Morgan fingerprint density at radius 3 is 2.09 bits per heavy atom. The third-order valence-corrected chi connectivity index (χ3v) is 5.92. The van der Waals surface area contributed by atoms with E-state index in [1.807, 2.05) is 0 Å². The normalized spacial score (nSPS) is 29.2. The van der Waals surface area contributed by atoms with Gasteiger partial charge in [-0.3, -0.25) is 9.59 Å². The number of carbonyl (C=O) groups is 2. The molecule has 0 aliphatic heterocycles. The van der Waals surface area contributed by atoms with E-state index < -0.39 is 25.4 Å². The molecule has 2 aliphatic rings. The zero-order valence-electron chi connectivity index (χ0n) is 14.4. The first-order chi connectivity index (χ1) is 10.2. The zero-order valence-corrected chi connectivity index (χ0v) is 15.4. The maximum Gasteiger partial charge on any atom is 0.323 e. The molecule has 0 bridgehead atoms. The van der Waals surface area contributed by atoms with Gasteiger partial charge >= 0.3 is 11.9 Å². The van der Waals surface area contributed by atoms with Crippen molar-refractivity contribution in [3.63, 3.8) is 0 Å². The molecule has 0 radical (unpaired) electrons. The highest BCUT2D eigenvalue weighted by molar-refractivity contribution is 6.80. The van der Waals surface area contributed by atoms with E-state index in [0.29, 0.717) is 32.0 Å². The topological polar surface area (TPSA) is 52.6 Å². The van der Waals surface area contributed by atoms with Gasteiger partial charge in [-0.25, -0.2) is 0 Å². The van der Waals surface area contributed by atoms with Crippen molar-refractivity contribution in [3.05, 3.63) is 11.8 Å². The second-order valence-corrected chi connectivity index (χ2v) is 12.8. The van der Waals surface area contributed by atoms with Gasteiger partial charge < -0.3 is 9.47 Å². The number of hydrogen-bond donors (Lipinski definition) is 0. The molecule has 0 amide bonds. The lowest BCUT2D eigenvalue weighted by molar-refractivity contribution is -0.172. The molecule has 0 N–H and O–H groups in total. The van der Waals surface area contributed by atoms with Gasteiger partial charge in [0.1, 0.15) is 0 Å². The van der Waals surface area contributed by atoms with Crippen molar-refractivity contribution >= 4 is 20.0 Å². The first-order valence-corrected chi connectivity index (χ1v) is 11.8. The van der Waals surface area contributed by atoms with Gasteiger partial charge in [0, 0.05) is 0 Å². The summed E-state index contributed by atoms with van der Waals surface area (Å²) in [4.78, 5) is 24.9. The molecule has 124 valence electrons. The molecule has 2 unspecified atom stereocenters. The monoisotopic (exact) mass is 324 g/mol. The number of esters is 2. The maximum atomic E-state index is 12.5. The molecule has 2 saturated carbocycles. The molecule has 0 heterocycles. The first-order valence-electron chi connectivity index (χ1n) is 8.24. The van der Waals surface area contributed by atoms with Gasteiger partial charge in [-0.15, -0.1) is 0 Å². The third kappa shape index (κ3) is 3.14. The van der Waals surface area contributed by atoms with E-state index >= 15 is 0 Å². The van der Waals surface area contributed by atoms with Gasteiger partial charge in [0.05, 0.1) is 21.3 Å². The quantitative estimate of drug-likeness (QED) is 0.427. The van der Waals surface area contributed by atoms with E-state index in [0.717, 1.165) is 6.42 Å². The lowest BCUT2D eigenvalue weighted by atomic mass is 9.80. The van der Waals surface area contributed by atoms with Crippen LogP contribution in [0, 0.1) is 16.7 Å². The van der Waals surface area contributed by atoms with Crippen LogP contribution < -0.4 is 0 Å². The van der Waals surface area contributed by atoms with E-state index in [9.17, 15) is 9.59 Å². The Balaban J connectivity index is 2.23. The Morgan fingerprint density at radius 1 is 1.09 bits per heavy atom. The van der Waals surface area contributed by atoms with Crippen molar-refractivity contribution in [2.75, 3.05) is 13.2 Å². The number of fused-ring (bicyclic) bond motifs is 1. The summed E-state index contributed by atoms with van der Waals surface area (Å²) in [5.41, 5.74) is 1.26. The van der Waals surface area contributed by atoms with E-state index in [2.05, 4.69) is 31.4 Å². The highest BCUT2D eigenvalue weighted by Crippen LogP contribution is 2.70. The fourth-order valence-electron chi connectivity index (χ4n) is 3.56. The third-order valence-electron chi connectivity index (χ3n) is 4.75. The molecule has 0 aromatic rings. The molecule has 5 heteroatoms. The van der Waals surface area contributed by atoms with Gasteiger partial charge in [-0.2, -0.15) is 0 Å². The second-order valence-electron chi connectivity index (χ2n) is 7.74. The average molecular weight is 324 g/mol. The highest BCUT2D eigenvalue weighted by Gasteiger charge is 2.70. The summed E-state index contributed by atoms with van der Waals surface area (Å²) in [7, 11) is -1.29. The highest BCUT2D eigenvalue weighted by atomic mass is 28.3. The van der Waals surface area contributed by atoms with Crippen LogP contribution in [0.1, 0.15) is 33.1 Å². The Bertz CT molecular complexity index is 473. The molecule has 2 aliphatic carbocycles. The second kappa shape index (κ2) is 5.83. The predicted octanol–water partition coefficient (Wildman–Crippen LogP) is 3.33. The molecule has 0 saturated heterocycles. The Kier molecular flexibility index (Phi) is 4.58. The Labute approximate surface area is 134 Å². The van der Waals surface area contributed by atoms with Crippen molar-refractivity contribution in [2.24, 2.45) is 16.7 Å². The predicted molar refractivity (Wildman–Crippen MR) is 88.0 cm³/mol.